The summed E-state index contributed by atoms with van der Waals surface area (Å²) in [6.07, 6.45) is 24.6. The first-order valence-corrected chi connectivity index (χ1v) is 14.1. The average molecular weight is 496 g/mol. The van der Waals surface area contributed by atoms with Gasteiger partial charge in [0.15, 0.2) is 0 Å². The second-order valence-corrected chi connectivity index (χ2v) is 10.8. The van der Waals surface area contributed by atoms with Crippen LogP contribution in [0.15, 0.2) is 15.0 Å². The van der Waals surface area contributed by atoms with E-state index >= 15 is 0 Å². The van der Waals surface area contributed by atoms with Crippen molar-refractivity contribution in [1.29, 1.82) is 0 Å². The van der Waals surface area contributed by atoms with E-state index < -0.39 is 0 Å². The minimum atomic E-state index is 0.354. The van der Waals surface area contributed by atoms with Crippen molar-refractivity contribution in [2.24, 2.45) is 15.0 Å². The van der Waals surface area contributed by atoms with Gasteiger partial charge >= 0.3 is 0 Å². The molecule has 1 aromatic rings. The molecule has 0 N–H and O–H groups in total. The lowest BCUT2D eigenvalue weighted by molar-refractivity contribution is 0.284. The van der Waals surface area contributed by atoms with Crippen LogP contribution in [0.25, 0.3) is 0 Å². The lowest BCUT2D eigenvalue weighted by atomic mass is 9.95. The molecule has 198 valence electrons. The van der Waals surface area contributed by atoms with Gasteiger partial charge in [0.05, 0.1) is 19.0 Å². The van der Waals surface area contributed by atoms with Crippen LogP contribution in [-0.2, 0) is 0 Å². The fourth-order valence-electron chi connectivity index (χ4n) is 5.69. The molecule has 0 aromatic carbocycles. The predicted molar refractivity (Wildman–Crippen MR) is 148 cm³/mol. The minimum Gasteiger partial charge on any atom is -0.363 e. The number of aliphatic imine (C=N–C) groups is 3. The summed E-state index contributed by atoms with van der Waals surface area (Å²) < 4.78 is 0. The molecule has 0 radical (unpaired) electrons. The van der Waals surface area contributed by atoms with Gasteiger partial charge in [-0.25, -0.2) is 15.0 Å². The fraction of sp³-hybridized carbons (Fsp3) is 0.778. The van der Waals surface area contributed by atoms with Crippen LogP contribution < -0.4 is 0 Å². The first-order chi connectivity index (χ1) is 17.6. The molecule has 3 saturated carbocycles. The zero-order valence-corrected chi connectivity index (χ0v) is 22.6. The van der Waals surface area contributed by atoms with Crippen molar-refractivity contribution < 1.29 is 0 Å². The Morgan fingerprint density at radius 1 is 0.472 bits per heavy atom. The maximum Gasteiger partial charge on any atom is 0.257 e. The van der Waals surface area contributed by atoms with E-state index in [1.165, 1.54) is 96.3 Å². The molecular weight excluding hydrogens is 450 g/mol. The molecule has 0 spiro atoms. The van der Waals surface area contributed by atoms with Crippen molar-refractivity contribution in [2.45, 2.75) is 114 Å². The first kappa shape index (κ1) is 26.5. The van der Waals surface area contributed by atoms with Crippen molar-refractivity contribution in [1.82, 2.24) is 29.7 Å². The lowest BCUT2D eigenvalue weighted by Crippen LogP contribution is -2.32. The van der Waals surface area contributed by atoms with Gasteiger partial charge in [0.2, 0.25) is 0 Å². The van der Waals surface area contributed by atoms with Crippen LogP contribution in [0, 0.1) is 0 Å². The van der Waals surface area contributed by atoms with Crippen molar-refractivity contribution in [3.8, 4) is 0 Å². The zero-order chi connectivity index (χ0) is 25.2. The highest BCUT2D eigenvalue weighted by molar-refractivity contribution is 5.63. The molecule has 3 aliphatic rings. The molecular formula is C27H45N9. The van der Waals surface area contributed by atoms with Gasteiger partial charge in [0.25, 0.3) is 17.8 Å². The second-order valence-electron chi connectivity index (χ2n) is 10.8. The van der Waals surface area contributed by atoms with E-state index in [1.807, 2.05) is 19.0 Å². The number of hydrogen-bond donors (Lipinski definition) is 0. The van der Waals surface area contributed by atoms with Gasteiger partial charge in [-0.1, -0.05) is 57.8 Å². The van der Waals surface area contributed by atoms with Gasteiger partial charge in [0.1, 0.15) is 0 Å². The summed E-state index contributed by atoms with van der Waals surface area (Å²) in [5, 5.41) is 0. The maximum absolute atomic E-state index is 4.60. The van der Waals surface area contributed by atoms with Crippen molar-refractivity contribution in [3.05, 3.63) is 0 Å². The molecule has 9 heteroatoms. The van der Waals surface area contributed by atoms with Crippen LogP contribution in [0.3, 0.4) is 0 Å². The summed E-state index contributed by atoms with van der Waals surface area (Å²) in [5.74, 6) is 1.06. The van der Waals surface area contributed by atoms with E-state index in [0.717, 1.165) is 0 Å². The second kappa shape index (κ2) is 13.7. The number of aromatic nitrogens is 3. The molecule has 3 fully saturated rings. The topological polar surface area (TPSA) is 85.5 Å². The van der Waals surface area contributed by atoms with E-state index in [1.54, 1.807) is 0 Å². The van der Waals surface area contributed by atoms with Gasteiger partial charge in [-0.3, -0.25) is 0 Å². The van der Waals surface area contributed by atoms with Gasteiger partial charge < -0.3 is 14.7 Å². The zero-order valence-electron chi connectivity index (χ0n) is 22.6. The van der Waals surface area contributed by atoms with Crippen LogP contribution in [0.1, 0.15) is 96.3 Å². The Kier molecular flexibility index (Phi) is 10.0. The minimum absolute atomic E-state index is 0.354. The quantitative estimate of drug-likeness (QED) is 0.325. The SMILES string of the molecule is CN(C=Nc1nc(N=CN(C)C2CCCCC2)nc(N=CN(C)C2CCCCC2)n1)C1CCCCC1. The lowest BCUT2D eigenvalue weighted by Gasteiger charge is -2.29. The maximum atomic E-state index is 4.60. The summed E-state index contributed by atoms with van der Waals surface area (Å²) >= 11 is 0. The van der Waals surface area contributed by atoms with Gasteiger partial charge in [-0.05, 0) is 38.5 Å². The molecule has 0 saturated heterocycles. The molecule has 1 heterocycles. The van der Waals surface area contributed by atoms with Crippen LogP contribution in [-0.4, -0.2) is 87.9 Å². The van der Waals surface area contributed by atoms with Crippen molar-refractivity contribution in [3.63, 3.8) is 0 Å². The number of hydrogen-bond acceptors (Lipinski definition) is 6. The van der Waals surface area contributed by atoms with Gasteiger partial charge in [-0.15, -0.1) is 0 Å². The molecule has 0 amide bonds. The van der Waals surface area contributed by atoms with E-state index in [-0.39, 0.29) is 0 Å². The van der Waals surface area contributed by atoms with Crippen LogP contribution in [0.5, 0.6) is 0 Å². The van der Waals surface area contributed by atoms with Crippen LogP contribution in [0.4, 0.5) is 17.8 Å². The summed E-state index contributed by atoms with van der Waals surface area (Å²) in [5.41, 5.74) is 0. The molecule has 4 rings (SSSR count). The summed E-state index contributed by atoms with van der Waals surface area (Å²) in [6.45, 7) is 0. The Balaban J connectivity index is 1.49. The third kappa shape index (κ3) is 7.96. The molecule has 36 heavy (non-hydrogen) atoms. The monoisotopic (exact) mass is 495 g/mol. The molecule has 1 aromatic heterocycles. The van der Waals surface area contributed by atoms with E-state index in [4.69, 9.17) is 0 Å². The standard InChI is InChI=1S/C27H45N9/c1-34(22-13-7-4-8-14-22)19-28-25-31-26(29-20-35(2)23-15-9-5-10-16-23)33-27(32-25)30-21-36(3)24-17-11-6-12-18-24/h19-24H,4-18H2,1-3H3. The number of rotatable bonds is 9. The first-order valence-electron chi connectivity index (χ1n) is 14.1. The Labute approximate surface area is 217 Å². The number of nitrogens with zero attached hydrogens (tertiary/aromatic N) is 9. The average Bonchev–Trinajstić information content (AvgIpc) is 2.94. The third-order valence-corrected chi connectivity index (χ3v) is 8.12. The highest BCUT2D eigenvalue weighted by atomic mass is 15.3. The molecule has 0 bridgehead atoms. The molecule has 9 nitrogen and oxygen atoms in total. The fourth-order valence-corrected chi connectivity index (χ4v) is 5.69. The van der Waals surface area contributed by atoms with Gasteiger partial charge in [-0.2, -0.15) is 15.0 Å². The summed E-state index contributed by atoms with van der Waals surface area (Å²) in [4.78, 5) is 34.0. The van der Waals surface area contributed by atoms with E-state index in [9.17, 15) is 0 Å². The normalized spacial score (nSPS) is 21.1. The molecule has 0 aliphatic heterocycles. The summed E-state index contributed by atoms with van der Waals surface area (Å²) in [7, 11) is 6.28. The largest absolute Gasteiger partial charge is 0.363 e. The smallest absolute Gasteiger partial charge is 0.257 e. The van der Waals surface area contributed by atoms with Gasteiger partial charge in [0, 0.05) is 39.3 Å². The predicted octanol–water partition coefficient (Wildman–Crippen LogP) is 5.64. The van der Waals surface area contributed by atoms with Crippen LogP contribution >= 0.6 is 0 Å². The highest BCUT2D eigenvalue weighted by Crippen LogP contribution is 2.24. The Morgan fingerprint density at radius 3 is 0.972 bits per heavy atom. The Hall–Kier alpha value is -2.58. The molecule has 0 unspecified atom stereocenters. The van der Waals surface area contributed by atoms with Crippen molar-refractivity contribution >= 4 is 36.9 Å². The Morgan fingerprint density at radius 2 is 0.722 bits per heavy atom. The van der Waals surface area contributed by atoms with E-state index in [0.29, 0.717) is 36.0 Å². The Bertz CT molecular complexity index is 755. The molecule has 0 atom stereocenters. The van der Waals surface area contributed by atoms with Crippen molar-refractivity contribution in [2.75, 3.05) is 21.1 Å². The highest BCUT2D eigenvalue weighted by Gasteiger charge is 2.18. The van der Waals surface area contributed by atoms with Crippen LogP contribution in [0.2, 0.25) is 0 Å². The third-order valence-electron chi connectivity index (χ3n) is 8.12. The van der Waals surface area contributed by atoms with E-state index in [2.05, 4.69) is 65.8 Å². The summed E-state index contributed by atoms with van der Waals surface area (Å²) in [6, 6.07) is 1.60. The molecule has 3 aliphatic carbocycles.